The summed E-state index contributed by atoms with van der Waals surface area (Å²) in [6, 6.07) is 14.1. The highest BCUT2D eigenvalue weighted by atomic mass is 35.5. The molecule has 2 aromatic carbocycles. The van der Waals surface area contributed by atoms with Gasteiger partial charge in [0.2, 0.25) is 11.8 Å². The molecule has 0 saturated carbocycles. The van der Waals surface area contributed by atoms with E-state index in [2.05, 4.69) is 0 Å². The van der Waals surface area contributed by atoms with Crippen molar-refractivity contribution in [3.05, 3.63) is 69.7 Å². The van der Waals surface area contributed by atoms with Gasteiger partial charge in [0, 0.05) is 16.1 Å². The summed E-state index contributed by atoms with van der Waals surface area (Å²) in [4.78, 5) is 27.4. The number of morpholine rings is 1. The van der Waals surface area contributed by atoms with Crippen molar-refractivity contribution in [1.82, 2.24) is 4.90 Å². The van der Waals surface area contributed by atoms with Crippen LogP contribution >= 0.6 is 23.2 Å². The Hall–Kier alpha value is -2.08. The first kappa shape index (κ1) is 23.6. The number of hydrogen-bond donors (Lipinski definition) is 1. The maximum atomic E-state index is 13.2. The Bertz CT molecular complexity index is 902. The van der Waals surface area contributed by atoms with Crippen LogP contribution in [0, 0.1) is 5.92 Å². The number of hydrogen-bond acceptors (Lipinski definition) is 3. The minimum atomic E-state index is -0.433. The summed E-state index contributed by atoms with van der Waals surface area (Å²) in [6.07, 6.45) is 1.61. The van der Waals surface area contributed by atoms with Gasteiger partial charge in [-0.1, -0.05) is 67.7 Å². The topological polar surface area (TPSA) is 72.6 Å². The second-order valence-electron chi connectivity index (χ2n) is 7.85. The predicted octanol–water partition coefficient (Wildman–Crippen LogP) is 5.31. The number of nitrogens with two attached hydrogens (primary N) is 1. The molecule has 1 saturated heterocycles. The molecule has 1 fully saturated rings. The quantitative estimate of drug-likeness (QED) is 0.576. The van der Waals surface area contributed by atoms with Crippen molar-refractivity contribution in [2.75, 3.05) is 6.61 Å². The molecule has 1 aliphatic heterocycles. The Morgan fingerprint density at radius 3 is 2.10 bits per heavy atom. The Morgan fingerprint density at radius 1 is 1.06 bits per heavy atom. The SMILES string of the molecule is CCCC(C(N)=O)C(CC)N1C(=O)CO[C@@H](c2ccc(Cl)cc2)[C@H]1c1ccc(Cl)cc1. The van der Waals surface area contributed by atoms with E-state index in [1.54, 1.807) is 24.3 Å². The summed E-state index contributed by atoms with van der Waals surface area (Å²) in [5, 5.41) is 1.23. The van der Waals surface area contributed by atoms with Crippen LogP contribution in [0.4, 0.5) is 0 Å². The summed E-state index contributed by atoms with van der Waals surface area (Å²) in [6.45, 7) is 3.93. The van der Waals surface area contributed by atoms with Crippen molar-refractivity contribution in [2.45, 2.75) is 51.3 Å². The molecule has 0 radical (unpaired) electrons. The lowest BCUT2D eigenvalue weighted by atomic mass is 9.85. The number of benzene rings is 2. The molecular weight excluding hydrogens is 435 g/mol. The van der Waals surface area contributed by atoms with Gasteiger partial charge in [0.05, 0.1) is 12.0 Å². The highest BCUT2D eigenvalue weighted by molar-refractivity contribution is 6.30. The Labute approximate surface area is 193 Å². The summed E-state index contributed by atoms with van der Waals surface area (Å²) < 4.78 is 6.06. The summed E-state index contributed by atoms with van der Waals surface area (Å²) in [7, 11) is 0. The van der Waals surface area contributed by atoms with Crippen LogP contribution in [-0.4, -0.2) is 29.4 Å². The first-order valence-corrected chi connectivity index (χ1v) is 11.4. The average molecular weight is 463 g/mol. The van der Waals surface area contributed by atoms with Gasteiger partial charge in [0.25, 0.3) is 0 Å². The maximum absolute atomic E-state index is 13.2. The van der Waals surface area contributed by atoms with E-state index in [1.165, 1.54) is 0 Å². The molecule has 5 nitrogen and oxygen atoms in total. The molecule has 2 N–H and O–H groups in total. The maximum Gasteiger partial charge on any atom is 0.249 e. The molecule has 3 rings (SSSR count). The number of rotatable bonds is 8. The van der Waals surface area contributed by atoms with Gasteiger partial charge in [-0.3, -0.25) is 9.59 Å². The molecule has 166 valence electrons. The van der Waals surface area contributed by atoms with Gasteiger partial charge in [0.1, 0.15) is 12.7 Å². The lowest BCUT2D eigenvalue weighted by Gasteiger charge is -2.47. The minimum Gasteiger partial charge on any atom is -0.369 e. The van der Waals surface area contributed by atoms with Gasteiger partial charge in [-0.25, -0.2) is 0 Å². The van der Waals surface area contributed by atoms with Crippen LogP contribution in [-0.2, 0) is 14.3 Å². The fraction of sp³-hybridized carbons (Fsp3) is 0.417. The number of ether oxygens (including phenoxy) is 1. The normalized spacial score (nSPS) is 21.0. The monoisotopic (exact) mass is 462 g/mol. The lowest BCUT2D eigenvalue weighted by molar-refractivity contribution is -0.166. The molecule has 4 atom stereocenters. The van der Waals surface area contributed by atoms with Gasteiger partial charge >= 0.3 is 0 Å². The number of halogens is 2. The Morgan fingerprint density at radius 2 is 1.61 bits per heavy atom. The van der Waals surface area contributed by atoms with Gasteiger partial charge < -0.3 is 15.4 Å². The van der Waals surface area contributed by atoms with Crippen LogP contribution in [0.5, 0.6) is 0 Å². The largest absolute Gasteiger partial charge is 0.369 e. The molecule has 1 aliphatic rings. The number of primary amides is 1. The van der Waals surface area contributed by atoms with Crippen LogP contribution in [0.25, 0.3) is 0 Å². The summed E-state index contributed by atoms with van der Waals surface area (Å²) >= 11 is 12.2. The minimum absolute atomic E-state index is 0.0640. The zero-order valence-electron chi connectivity index (χ0n) is 17.8. The number of carbonyl (C=O) groups excluding carboxylic acids is 2. The van der Waals surface area contributed by atoms with Crippen LogP contribution in [0.3, 0.4) is 0 Å². The zero-order chi connectivity index (χ0) is 22.5. The van der Waals surface area contributed by atoms with E-state index < -0.39 is 18.1 Å². The van der Waals surface area contributed by atoms with E-state index >= 15 is 0 Å². The number of amides is 2. The number of nitrogens with zero attached hydrogens (tertiary/aromatic N) is 1. The Balaban J connectivity index is 2.12. The summed E-state index contributed by atoms with van der Waals surface area (Å²) in [5.74, 6) is -0.969. The molecule has 7 heteroatoms. The molecule has 2 aromatic rings. The van der Waals surface area contributed by atoms with Crippen LogP contribution in [0.15, 0.2) is 48.5 Å². The third-order valence-electron chi connectivity index (χ3n) is 5.88. The average Bonchev–Trinajstić information content (AvgIpc) is 2.75. The molecule has 0 aromatic heterocycles. The second-order valence-corrected chi connectivity index (χ2v) is 8.73. The lowest BCUT2D eigenvalue weighted by Crippen LogP contribution is -2.54. The Kier molecular flexibility index (Phi) is 7.98. The van der Waals surface area contributed by atoms with E-state index in [0.29, 0.717) is 22.9 Å². The summed E-state index contributed by atoms with van der Waals surface area (Å²) in [5.41, 5.74) is 7.57. The third kappa shape index (κ3) is 5.22. The highest BCUT2D eigenvalue weighted by Gasteiger charge is 2.44. The van der Waals surface area contributed by atoms with Crippen molar-refractivity contribution >= 4 is 35.0 Å². The van der Waals surface area contributed by atoms with Crippen molar-refractivity contribution in [3.8, 4) is 0 Å². The van der Waals surface area contributed by atoms with E-state index in [0.717, 1.165) is 17.5 Å². The molecule has 1 heterocycles. The number of carbonyl (C=O) groups is 2. The van der Waals surface area contributed by atoms with Crippen LogP contribution in [0.2, 0.25) is 10.0 Å². The third-order valence-corrected chi connectivity index (χ3v) is 6.38. The predicted molar refractivity (Wildman–Crippen MR) is 123 cm³/mol. The first-order valence-electron chi connectivity index (χ1n) is 10.6. The molecule has 0 bridgehead atoms. The van der Waals surface area contributed by atoms with Crippen molar-refractivity contribution in [3.63, 3.8) is 0 Å². The molecule has 2 amide bonds. The molecule has 0 spiro atoms. The van der Waals surface area contributed by atoms with Gasteiger partial charge in [-0.15, -0.1) is 0 Å². The van der Waals surface area contributed by atoms with Crippen LogP contribution < -0.4 is 5.73 Å². The molecule has 0 aliphatic carbocycles. The second kappa shape index (κ2) is 10.5. The van der Waals surface area contributed by atoms with E-state index in [1.807, 2.05) is 43.0 Å². The zero-order valence-corrected chi connectivity index (χ0v) is 19.3. The van der Waals surface area contributed by atoms with Crippen molar-refractivity contribution in [1.29, 1.82) is 0 Å². The van der Waals surface area contributed by atoms with E-state index in [4.69, 9.17) is 33.7 Å². The highest BCUT2D eigenvalue weighted by Crippen LogP contribution is 2.43. The van der Waals surface area contributed by atoms with Gasteiger partial charge in [0.15, 0.2) is 0 Å². The standard InChI is InChI=1S/C24H28Cl2N2O3/c1-3-5-19(24(27)30)20(4-2)28-21(29)14-31-23(16-8-12-18(26)13-9-16)22(28)15-6-10-17(25)11-7-15/h6-13,19-20,22-23H,3-5,14H2,1-2H3,(H2,27,30)/t19?,20?,22-,23+/m1/s1. The molecule has 2 unspecified atom stereocenters. The fourth-order valence-electron chi connectivity index (χ4n) is 4.46. The van der Waals surface area contributed by atoms with Gasteiger partial charge in [-0.05, 0) is 48.2 Å². The first-order chi connectivity index (χ1) is 14.9. The fourth-order valence-corrected chi connectivity index (χ4v) is 4.71. The van der Waals surface area contributed by atoms with Crippen molar-refractivity contribution in [2.24, 2.45) is 11.7 Å². The van der Waals surface area contributed by atoms with Gasteiger partial charge in [-0.2, -0.15) is 0 Å². The molecular formula is C24H28Cl2N2O3. The molecule has 31 heavy (non-hydrogen) atoms. The van der Waals surface area contributed by atoms with E-state index in [-0.39, 0.29) is 24.5 Å². The van der Waals surface area contributed by atoms with Crippen molar-refractivity contribution < 1.29 is 14.3 Å². The smallest absolute Gasteiger partial charge is 0.249 e. The van der Waals surface area contributed by atoms with Crippen LogP contribution in [0.1, 0.15) is 56.4 Å². The van der Waals surface area contributed by atoms with E-state index in [9.17, 15) is 9.59 Å².